The lowest BCUT2D eigenvalue weighted by atomic mass is 9.89. The molecule has 0 spiro atoms. The number of rotatable bonds is 2. The van der Waals surface area contributed by atoms with Gasteiger partial charge in [-0.15, -0.1) is 0 Å². The van der Waals surface area contributed by atoms with Gasteiger partial charge >= 0.3 is 0 Å². The van der Waals surface area contributed by atoms with Crippen LogP contribution in [-0.4, -0.2) is 49.2 Å². The lowest BCUT2D eigenvalue weighted by Gasteiger charge is -2.44. The Labute approximate surface area is 109 Å². The molecular formula is C14H24N2O2. The topological polar surface area (TPSA) is 41.6 Å². The Morgan fingerprint density at radius 1 is 1.28 bits per heavy atom. The average molecular weight is 252 g/mol. The Kier molecular flexibility index (Phi) is 3.85. The van der Waals surface area contributed by atoms with Crippen molar-refractivity contribution in [2.24, 2.45) is 5.92 Å². The van der Waals surface area contributed by atoms with Crippen LogP contribution in [0.3, 0.4) is 0 Å². The van der Waals surface area contributed by atoms with Gasteiger partial charge in [-0.3, -0.25) is 4.79 Å². The number of nitrogens with one attached hydrogen (secondary N) is 1. The number of ether oxygens (including phenoxy) is 1. The first-order chi connectivity index (χ1) is 8.84. The van der Waals surface area contributed by atoms with Crippen LogP contribution in [0.25, 0.3) is 0 Å². The third-order valence-electron chi connectivity index (χ3n) is 4.68. The Morgan fingerprint density at radius 2 is 2.17 bits per heavy atom. The molecule has 4 heteroatoms. The molecule has 1 aliphatic carbocycles. The van der Waals surface area contributed by atoms with Crippen molar-refractivity contribution in [3.05, 3.63) is 0 Å². The van der Waals surface area contributed by atoms with Crippen molar-refractivity contribution in [1.29, 1.82) is 0 Å². The van der Waals surface area contributed by atoms with Crippen LogP contribution in [0.15, 0.2) is 0 Å². The van der Waals surface area contributed by atoms with Crippen LogP contribution in [-0.2, 0) is 9.53 Å². The number of hydrogen-bond acceptors (Lipinski definition) is 3. The van der Waals surface area contributed by atoms with E-state index in [1.807, 2.05) is 0 Å². The quantitative estimate of drug-likeness (QED) is 0.802. The highest BCUT2D eigenvalue weighted by molar-refractivity contribution is 5.77. The van der Waals surface area contributed by atoms with Crippen molar-refractivity contribution < 1.29 is 9.53 Å². The Balaban J connectivity index is 1.60. The summed E-state index contributed by atoms with van der Waals surface area (Å²) in [4.78, 5) is 14.6. The number of morpholine rings is 1. The number of nitrogens with zero attached hydrogens (tertiary/aromatic N) is 1. The lowest BCUT2D eigenvalue weighted by molar-refractivity contribution is -0.150. The highest BCUT2D eigenvalue weighted by atomic mass is 16.5. The highest BCUT2D eigenvalue weighted by Crippen LogP contribution is 2.29. The van der Waals surface area contributed by atoms with Crippen LogP contribution in [0.2, 0.25) is 0 Å². The first-order valence-corrected chi connectivity index (χ1v) is 7.46. The summed E-state index contributed by atoms with van der Waals surface area (Å²) in [5.41, 5.74) is 0. The van der Waals surface area contributed by atoms with Gasteiger partial charge in [0, 0.05) is 13.0 Å². The number of hydrogen-bond donors (Lipinski definition) is 1. The van der Waals surface area contributed by atoms with E-state index in [9.17, 15) is 4.79 Å². The molecule has 0 radical (unpaired) electrons. The van der Waals surface area contributed by atoms with Gasteiger partial charge in [-0.2, -0.15) is 0 Å². The zero-order chi connectivity index (χ0) is 12.4. The molecule has 0 aromatic rings. The van der Waals surface area contributed by atoms with Crippen molar-refractivity contribution in [3.63, 3.8) is 0 Å². The Morgan fingerprint density at radius 3 is 3.00 bits per heavy atom. The van der Waals surface area contributed by atoms with Crippen molar-refractivity contribution in [3.8, 4) is 0 Å². The van der Waals surface area contributed by atoms with Gasteiger partial charge < -0.3 is 15.0 Å². The van der Waals surface area contributed by atoms with Crippen molar-refractivity contribution in [2.75, 3.05) is 26.2 Å². The van der Waals surface area contributed by atoms with Gasteiger partial charge in [0.25, 0.3) is 0 Å². The summed E-state index contributed by atoms with van der Waals surface area (Å²) in [6, 6.07) is 0.370. The van der Waals surface area contributed by atoms with Gasteiger partial charge in [-0.1, -0.05) is 12.8 Å². The summed E-state index contributed by atoms with van der Waals surface area (Å²) in [5.74, 6) is 0.922. The second-order valence-electron chi connectivity index (χ2n) is 5.91. The molecule has 0 aromatic heterocycles. The maximum Gasteiger partial charge on any atom is 0.223 e. The predicted octanol–water partition coefficient (Wildman–Crippen LogP) is 1.16. The third-order valence-corrected chi connectivity index (χ3v) is 4.68. The van der Waals surface area contributed by atoms with E-state index < -0.39 is 0 Å². The molecule has 1 N–H and O–H groups in total. The molecule has 0 bridgehead atoms. The standard InChI is InChI=1S/C14H24N2O2/c17-14(9-11-5-6-15-10-11)16-7-8-18-13-4-2-1-3-12(13)16/h11-13,15H,1-10H2. The molecule has 3 atom stereocenters. The van der Waals surface area contributed by atoms with E-state index in [0.717, 1.165) is 51.9 Å². The number of carbonyl (C=O) groups is 1. The molecule has 18 heavy (non-hydrogen) atoms. The third kappa shape index (κ3) is 2.54. The van der Waals surface area contributed by atoms with E-state index in [-0.39, 0.29) is 0 Å². The molecule has 102 valence electrons. The number of fused-ring (bicyclic) bond motifs is 1. The summed E-state index contributed by atoms with van der Waals surface area (Å²) < 4.78 is 5.83. The zero-order valence-electron chi connectivity index (χ0n) is 11.1. The fourth-order valence-electron chi connectivity index (χ4n) is 3.66. The molecule has 1 saturated carbocycles. The summed E-state index contributed by atoms with van der Waals surface area (Å²) >= 11 is 0. The predicted molar refractivity (Wildman–Crippen MR) is 69.3 cm³/mol. The maximum absolute atomic E-state index is 12.5. The first kappa shape index (κ1) is 12.4. The number of carbonyl (C=O) groups excluding carboxylic acids is 1. The van der Waals surface area contributed by atoms with Crippen LogP contribution < -0.4 is 5.32 Å². The second-order valence-corrected chi connectivity index (χ2v) is 5.91. The van der Waals surface area contributed by atoms with E-state index in [0.29, 0.717) is 24.0 Å². The number of amides is 1. The molecule has 0 aromatic carbocycles. The summed E-state index contributed by atoms with van der Waals surface area (Å²) in [6.45, 7) is 3.63. The lowest BCUT2D eigenvalue weighted by Crippen LogP contribution is -2.55. The summed E-state index contributed by atoms with van der Waals surface area (Å²) in [5, 5.41) is 3.34. The van der Waals surface area contributed by atoms with Crippen LogP contribution in [0, 0.1) is 5.92 Å². The van der Waals surface area contributed by atoms with E-state index >= 15 is 0 Å². The van der Waals surface area contributed by atoms with Crippen LogP contribution in [0.4, 0.5) is 0 Å². The van der Waals surface area contributed by atoms with Gasteiger partial charge in [-0.05, 0) is 38.3 Å². The van der Waals surface area contributed by atoms with Gasteiger partial charge in [0.1, 0.15) is 0 Å². The Bertz CT molecular complexity index is 300. The van der Waals surface area contributed by atoms with Crippen molar-refractivity contribution in [1.82, 2.24) is 10.2 Å². The van der Waals surface area contributed by atoms with Gasteiger partial charge in [-0.25, -0.2) is 0 Å². The van der Waals surface area contributed by atoms with Crippen LogP contribution >= 0.6 is 0 Å². The fourth-order valence-corrected chi connectivity index (χ4v) is 3.66. The minimum atomic E-state index is 0.318. The SMILES string of the molecule is O=C(CC1CCNC1)N1CCOC2CCCCC21. The maximum atomic E-state index is 12.5. The van der Waals surface area contributed by atoms with Crippen molar-refractivity contribution >= 4 is 5.91 Å². The molecule has 3 rings (SSSR count). The highest BCUT2D eigenvalue weighted by Gasteiger charge is 2.37. The zero-order valence-corrected chi connectivity index (χ0v) is 11.1. The van der Waals surface area contributed by atoms with E-state index in [4.69, 9.17) is 4.74 Å². The largest absolute Gasteiger partial charge is 0.374 e. The molecule has 2 aliphatic heterocycles. The van der Waals surface area contributed by atoms with E-state index in [1.54, 1.807) is 0 Å². The molecule has 3 fully saturated rings. The van der Waals surface area contributed by atoms with Crippen LogP contribution in [0.1, 0.15) is 38.5 Å². The normalized spacial score (nSPS) is 36.4. The van der Waals surface area contributed by atoms with Gasteiger partial charge in [0.2, 0.25) is 5.91 Å². The summed E-state index contributed by atoms with van der Waals surface area (Å²) in [7, 11) is 0. The van der Waals surface area contributed by atoms with Crippen LogP contribution in [0.5, 0.6) is 0 Å². The minimum absolute atomic E-state index is 0.318. The van der Waals surface area contributed by atoms with Crippen molar-refractivity contribution in [2.45, 2.75) is 50.7 Å². The van der Waals surface area contributed by atoms with Gasteiger partial charge in [0.05, 0.1) is 18.8 Å². The minimum Gasteiger partial charge on any atom is -0.374 e. The molecule has 3 aliphatic rings. The fraction of sp³-hybridized carbons (Fsp3) is 0.929. The molecular weight excluding hydrogens is 228 g/mol. The molecule has 4 nitrogen and oxygen atoms in total. The second kappa shape index (κ2) is 5.57. The van der Waals surface area contributed by atoms with E-state index in [1.165, 1.54) is 12.8 Å². The Hall–Kier alpha value is -0.610. The monoisotopic (exact) mass is 252 g/mol. The van der Waals surface area contributed by atoms with Gasteiger partial charge in [0.15, 0.2) is 0 Å². The first-order valence-electron chi connectivity index (χ1n) is 7.46. The molecule has 1 amide bonds. The smallest absolute Gasteiger partial charge is 0.223 e. The molecule has 3 unspecified atom stereocenters. The molecule has 2 saturated heterocycles. The average Bonchev–Trinajstić information content (AvgIpc) is 2.91. The molecule has 2 heterocycles. The summed E-state index contributed by atoms with van der Waals surface area (Å²) in [6.07, 6.45) is 6.99. The van der Waals surface area contributed by atoms with E-state index in [2.05, 4.69) is 10.2 Å².